The maximum atomic E-state index is 13.0. The summed E-state index contributed by atoms with van der Waals surface area (Å²) in [6.07, 6.45) is 0. The van der Waals surface area contributed by atoms with E-state index in [0.717, 1.165) is 26.9 Å². The number of hydrogen-bond donors (Lipinski definition) is 0. The molecule has 0 aliphatic carbocycles. The van der Waals surface area contributed by atoms with E-state index in [1.165, 1.54) is 0 Å². The van der Waals surface area contributed by atoms with Crippen molar-refractivity contribution in [1.82, 2.24) is 0 Å². The van der Waals surface area contributed by atoms with Crippen molar-refractivity contribution in [3.8, 4) is 5.75 Å². The van der Waals surface area contributed by atoms with Gasteiger partial charge in [0.1, 0.15) is 10.6 Å². The summed E-state index contributed by atoms with van der Waals surface area (Å²) in [5.41, 5.74) is 0. The first-order valence-corrected chi connectivity index (χ1v) is 10.4. The molecule has 136 valence electrons. The molecular weight excluding hydrogens is 368 g/mol. The molecule has 28 heavy (non-hydrogen) atoms. The van der Waals surface area contributed by atoms with Gasteiger partial charge in [0.15, 0.2) is 0 Å². The van der Waals surface area contributed by atoms with Gasteiger partial charge in [-0.3, -0.25) is 0 Å². The molecular formula is C24H16O3S. The Kier molecular flexibility index (Phi) is 3.81. The van der Waals surface area contributed by atoms with Crippen molar-refractivity contribution in [3.63, 3.8) is 0 Å². The molecule has 4 heteroatoms. The van der Waals surface area contributed by atoms with Crippen molar-refractivity contribution >= 4 is 42.4 Å². The first-order valence-electron chi connectivity index (χ1n) is 8.96. The third kappa shape index (κ3) is 2.79. The predicted octanol–water partition coefficient (Wildman–Crippen LogP) is 5.91. The minimum Gasteiger partial charge on any atom is -0.379 e. The normalized spacial score (nSPS) is 11.9. The average Bonchev–Trinajstić information content (AvgIpc) is 2.73. The van der Waals surface area contributed by atoms with Crippen LogP contribution in [-0.4, -0.2) is 8.42 Å². The summed E-state index contributed by atoms with van der Waals surface area (Å²) >= 11 is 0. The largest absolute Gasteiger partial charge is 0.379 e. The van der Waals surface area contributed by atoms with Gasteiger partial charge in [0, 0.05) is 5.39 Å². The van der Waals surface area contributed by atoms with Crippen molar-refractivity contribution < 1.29 is 12.6 Å². The van der Waals surface area contributed by atoms with E-state index in [1.54, 1.807) is 30.3 Å². The van der Waals surface area contributed by atoms with Crippen molar-refractivity contribution in [2.75, 3.05) is 0 Å². The van der Waals surface area contributed by atoms with E-state index >= 15 is 0 Å². The Labute approximate surface area is 162 Å². The van der Waals surface area contributed by atoms with E-state index in [-0.39, 0.29) is 4.90 Å². The van der Waals surface area contributed by atoms with Gasteiger partial charge in [-0.25, -0.2) is 0 Å². The second kappa shape index (κ2) is 6.36. The van der Waals surface area contributed by atoms with E-state index in [1.807, 2.05) is 60.7 Å². The van der Waals surface area contributed by atoms with Gasteiger partial charge in [0.2, 0.25) is 0 Å². The van der Waals surface area contributed by atoms with Gasteiger partial charge in [-0.05, 0) is 45.1 Å². The molecule has 0 aliphatic heterocycles. The first-order chi connectivity index (χ1) is 13.6. The van der Waals surface area contributed by atoms with Crippen molar-refractivity contribution in [1.29, 1.82) is 0 Å². The quantitative estimate of drug-likeness (QED) is 0.287. The fourth-order valence-electron chi connectivity index (χ4n) is 3.62. The molecule has 0 unspecified atom stereocenters. The zero-order chi connectivity index (χ0) is 19.1. The smallest absolute Gasteiger partial charge is 0.339 e. The Balaban J connectivity index is 1.63. The molecule has 5 aromatic rings. The number of hydrogen-bond acceptors (Lipinski definition) is 3. The molecule has 0 saturated heterocycles. The highest BCUT2D eigenvalue weighted by Gasteiger charge is 2.20. The van der Waals surface area contributed by atoms with Crippen LogP contribution < -0.4 is 4.18 Å². The maximum Gasteiger partial charge on any atom is 0.339 e. The van der Waals surface area contributed by atoms with Crippen LogP contribution in [0.5, 0.6) is 5.75 Å². The summed E-state index contributed by atoms with van der Waals surface area (Å²) in [7, 11) is -3.96. The van der Waals surface area contributed by atoms with Crippen LogP contribution in [0.15, 0.2) is 102 Å². The SMILES string of the molecule is O=S(=O)(Oc1ccc2ccc3ccccc3c2c1)c1cccc2ccccc12. The van der Waals surface area contributed by atoms with Crippen molar-refractivity contribution in [3.05, 3.63) is 97.1 Å². The molecule has 5 aromatic carbocycles. The van der Waals surface area contributed by atoms with Gasteiger partial charge in [0.25, 0.3) is 0 Å². The lowest BCUT2D eigenvalue weighted by atomic mass is 10.0. The van der Waals surface area contributed by atoms with Gasteiger partial charge in [-0.1, -0.05) is 78.9 Å². The Morgan fingerprint density at radius 2 is 1.11 bits per heavy atom. The Morgan fingerprint density at radius 3 is 1.89 bits per heavy atom. The standard InChI is InChI=1S/C24H16O3S/c25-28(26,24-11-5-8-17-6-2-4-10-22(17)24)27-20-15-14-19-13-12-18-7-1-3-9-21(18)23(19)16-20/h1-16H. The van der Waals surface area contributed by atoms with E-state index in [2.05, 4.69) is 6.07 Å². The lowest BCUT2D eigenvalue weighted by molar-refractivity contribution is 0.487. The lowest BCUT2D eigenvalue weighted by Crippen LogP contribution is -2.10. The molecule has 0 aromatic heterocycles. The van der Waals surface area contributed by atoms with Crippen LogP contribution in [0, 0.1) is 0 Å². The van der Waals surface area contributed by atoms with E-state index < -0.39 is 10.1 Å². The van der Waals surface area contributed by atoms with Crippen molar-refractivity contribution in [2.45, 2.75) is 4.90 Å². The highest BCUT2D eigenvalue weighted by molar-refractivity contribution is 7.87. The Bertz CT molecular complexity index is 1450. The van der Waals surface area contributed by atoms with Gasteiger partial charge in [0.05, 0.1) is 0 Å². The summed E-state index contributed by atoms with van der Waals surface area (Å²) in [4.78, 5) is 0.170. The first kappa shape index (κ1) is 16.8. The van der Waals surface area contributed by atoms with Gasteiger partial charge in [-0.2, -0.15) is 8.42 Å². The van der Waals surface area contributed by atoms with Crippen LogP contribution in [0.25, 0.3) is 32.3 Å². The van der Waals surface area contributed by atoms with Gasteiger partial charge in [-0.15, -0.1) is 0 Å². The molecule has 0 radical (unpaired) electrons. The maximum absolute atomic E-state index is 13.0. The molecule has 3 nitrogen and oxygen atoms in total. The number of fused-ring (bicyclic) bond motifs is 4. The zero-order valence-electron chi connectivity index (χ0n) is 14.9. The van der Waals surface area contributed by atoms with E-state index in [0.29, 0.717) is 11.1 Å². The topological polar surface area (TPSA) is 43.4 Å². The summed E-state index contributed by atoms with van der Waals surface area (Å²) in [5.74, 6) is 0.303. The summed E-state index contributed by atoms with van der Waals surface area (Å²) in [5, 5.41) is 5.67. The summed E-state index contributed by atoms with van der Waals surface area (Å²) < 4.78 is 31.5. The molecule has 0 heterocycles. The molecule has 0 amide bonds. The van der Waals surface area contributed by atoms with Crippen LogP contribution in [0.4, 0.5) is 0 Å². The second-order valence-electron chi connectivity index (χ2n) is 6.68. The molecule has 0 atom stereocenters. The van der Waals surface area contributed by atoms with Crippen LogP contribution in [0.3, 0.4) is 0 Å². The highest BCUT2D eigenvalue weighted by atomic mass is 32.2. The monoisotopic (exact) mass is 384 g/mol. The van der Waals surface area contributed by atoms with Gasteiger partial charge < -0.3 is 4.18 Å². The zero-order valence-corrected chi connectivity index (χ0v) is 15.7. The highest BCUT2D eigenvalue weighted by Crippen LogP contribution is 2.31. The van der Waals surface area contributed by atoms with Gasteiger partial charge >= 0.3 is 10.1 Å². The van der Waals surface area contributed by atoms with E-state index in [9.17, 15) is 8.42 Å². The minimum absolute atomic E-state index is 0.170. The molecule has 0 spiro atoms. The van der Waals surface area contributed by atoms with Crippen LogP contribution >= 0.6 is 0 Å². The van der Waals surface area contributed by atoms with Crippen LogP contribution in [0.1, 0.15) is 0 Å². The van der Waals surface area contributed by atoms with Crippen LogP contribution in [0.2, 0.25) is 0 Å². The molecule has 0 fully saturated rings. The molecule has 0 aliphatic rings. The predicted molar refractivity (Wildman–Crippen MR) is 113 cm³/mol. The van der Waals surface area contributed by atoms with Crippen molar-refractivity contribution in [2.24, 2.45) is 0 Å². The molecule has 5 rings (SSSR count). The third-order valence-corrected chi connectivity index (χ3v) is 6.25. The minimum atomic E-state index is -3.96. The second-order valence-corrected chi connectivity index (χ2v) is 8.20. The third-order valence-electron chi connectivity index (χ3n) is 4.94. The molecule has 0 bridgehead atoms. The molecule has 0 N–H and O–H groups in total. The molecule has 0 saturated carbocycles. The Hall–Kier alpha value is -3.37. The summed E-state index contributed by atoms with van der Waals surface area (Å²) in [6.45, 7) is 0. The Morgan fingerprint density at radius 1 is 0.536 bits per heavy atom. The van der Waals surface area contributed by atoms with Crippen LogP contribution in [-0.2, 0) is 10.1 Å². The fourth-order valence-corrected chi connectivity index (χ4v) is 4.77. The lowest BCUT2D eigenvalue weighted by Gasteiger charge is -2.11. The summed E-state index contributed by atoms with van der Waals surface area (Å²) in [6, 6.07) is 30.1. The number of benzene rings is 5. The average molecular weight is 384 g/mol. The number of rotatable bonds is 3. The van der Waals surface area contributed by atoms with E-state index in [4.69, 9.17) is 4.18 Å². The fraction of sp³-hybridized carbons (Fsp3) is 0.